The number of nitrogens with one attached hydrogen (secondary N) is 1. The molecule has 322 valence electrons. The number of thiol groups is 1. The van der Waals surface area contributed by atoms with Gasteiger partial charge in [-0.25, -0.2) is 0 Å². The quantitative estimate of drug-likeness (QED) is 0.234. The fourth-order valence-electron chi connectivity index (χ4n) is 6.98. The van der Waals surface area contributed by atoms with Crippen LogP contribution in [0.4, 0.5) is 0 Å². The molecule has 1 N–H and O–H groups in total. The molecule has 56 heavy (non-hydrogen) atoms. The summed E-state index contributed by atoms with van der Waals surface area (Å²) >= 11 is 9.30. The first-order valence-electron chi connectivity index (χ1n) is 20.1. The highest BCUT2D eigenvalue weighted by Crippen LogP contribution is 2.39. The monoisotopic (exact) mass is 860 g/mol. The molecule has 7 unspecified atom stereocenters. The molecule has 11 nitrogen and oxygen atoms in total. The lowest BCUT2D eigenvalue weighted by atomic mass is 9.99. The largest absolute Gasteiger partial charge is 0.332 e. The van der Waals surface area contributed by atoms with E-state index < -0.39 is 0 Å². The molecule has 0 aliphatic carbocycles. The Morgan fingerprint density at radius 2 is 1.20 bits per heavy atom. The topological polar surface area (TPSA) is 141 Å². The molecule has 0 spiro atoms. The standard InChI is InChI=1S/C12H21NO2S.C11H19NO2S.C10H17NO2S.C8H15NOS/c1-8(2)11(14)10-5-4-6-13(10)12(15)9(3)7-16;1-7(2)10(14)9-6-15-11(4,5)12(9)8(3)13;1-6(2)10(13)9-5-14-8(4)11(9)7(3)12;1-5(2)8(10)7-4-11-6(3)9-7/h8-10,16H,4-7H2,1-3H3;7,9H,6H2,1-5H3;6,8-9H,5H2,1-4H3;5-7,9H,4H2,1-3H3. The van der Waals surface area contributed by atoms with E-state index in [4.69, 9.17) is 0 Å². The minimum Gasteiger partial charge on any atom is -0.332 e. The number of nitrogens with zero attached hydrogens (tertiary/aromatic N) is 3. The van der Waals surface area contributed by atoms with Crippen LogP contribution in [0, 0.1) is 29.6 Å². The smallest absolute Gasteiger partial charge is 0.226 e. The molecule has 4 saturated heterocycles. The second kappa shape index (κ2) is 23.9. The van der Waals surface area contributed by atoms with Crippen molar-refractivity contribution in [3.05, 3.63) is 0 Å². The second-order valence-corrected chi connectivity index (χ2v) is 21.4. The number of hydrogen-bond acceptors (Lipinski definition) is 12. The van der Waals surface area contributed by atoms with Crippen LogP contribution in [0.25, 0.3) is 0 Å². The van der Waals surface area contributed by atoms with Crippen molar-refractivity contribution < 1.29 is 33.6 Å². The lowest BCUT2D eigenvalue weighted by Gasteiger charge is -2.33. The van der Waals surface area contributed by atoms with Crippen molar-refractivity contribution in [3.63, 3.8) is 0 Å². The summed E-state index contributed by atoms with van der Waals surface area (Å²) < 4.78 is 0. The van der Waals surface area contributed by atoms with Gasteiger partial charge in [0.1, 0.15) is 12.1 Å². The Morgan fingerprint density at radius 1 is 0.696 bits per heavy atom. The maximum atomic E-state index is 12.0. The van der Waals surface area contributed by atoms with Crippen LogP contribution < -0.4 is 5.32 Å². The van der Waals surface area contributed by atoms with E-state index in [0.717, 1.165) is 36.6 Å². The third-order valence-corrected chi connectivity index (χ3v) is 14.5. The van der Waals surface area contributed by atoms with Crippen molar-refractivity contribution in [2.24, 2.45) is 29.6 Å². The van der Waals surface area contributed by atoms with Crippen LogP contribution >= 0.6 is 47.9 Å². The molecule has 15 heteroatoms. The van der Waals surface area contributed by atoms with Crippen molar-refractivity contribution in [1.82, 2.24) is 20.0 Å². The zero-order valence-corrected chi connectivity index (χ0v) is 40.0. The molecule has 0 aromatic heterocycles. The fraction of sp³-hybridized carbons (Fsp3) is 0.829. The van der Waals surface area contributed by atoms with Gasteiger partial charge in [-0.05, 0) is 40.5 Å². The van der Waals surface area contributed by atoms with Crippen molar-refractivity contribution in [1.29, 1.82) is 0 Å². The van der Waals surface area contributed by atoms with Crippen LogP contribution in [0.5, 0.6) is 0 Å². The van der Waals surface area contributed by atoms with Crippen LogP contribution in [0.3, 0.4) is 0 Å². The van der Waals surface area contributed by atoms with Gasteiger partial charge in [-0.2, -0.15) is 12.6 Å². The third-order valence-electron chi connectivity index (χ3n) is 10.2. The predicted octanol–water partition coefficient (Wildman–Crippen LogP) is 6.46. The number of ketones is 4. The molecule has 0 saturated carbocycles. The predicted molar refractivity (Wildman–Crippen MR) is 237 cm³/mol. The summed E-state index contributed by atoms with van der Waals surface area (Å²) in [6.07, 6.45) is 1.76. The summed E-state index contributed by atoms with van der Waals surface area (Å²) in [6, 6.07) is -0.514. The van der Waals surface area contributed by atoms with E-state index in [9.17, 15) is 33.6 Å². The van der Waals surface area contributed by atoms with E-state index in [1.807, 2.05) is 94.8 Å². The molecule has 7 atom stereocenters. The number of hydrogen-bond donors (Lipinski definition) is 2. The summed E-state index contributed by atoms with van der Waals surface area (Å²) in [7, 11) is 0. The van der Waals surface area contributed by atoms with Gasteiger partial charge in [0, 0.05) is 73.0 Å². The molecule has 3 amide bonds. The van der Waals surface area contributed by atoms with Gasteiger partial charge in [-0.15, -0.1) is 35.3 Å². The van der Waals surface area contributed by atoms with E-state index in [0.29, 0.717) is 16.9 Å². The Labute approximate surface area is 356 Å². The van der Waals surface area contributed by atoms with Gasteiger partial charge in [-0.3, -0.25) is 38.9 Å². The molecule has 4 rings (SSSR count). The Balaban J connectivity index is 0.000000376. The average molecular weight is 861 g/mol. The second-order valence-electron chi connectivity index (χ2n) is 16.7. The highest BCUT2D eigenvalue weighted by molar-refractivity contribution is 8.01. The van der Waals surface area contributed by atoms with Crippen LogP contribution in [-0.4, -0.2) is 125 Å². The summed E-state index contributed by atoms with van der Waals surface area (Å²) in [5.74, 6) is 3.99. The Morgan fingerprint density at radius 3 is 1.62 bits per heavy atom. The zero-order chi connectivity index (χ0) is 43.4. The minimum atomic E-state index is -0.249. The highest BCUT2D eigenvalue weighted by atomic mass is 32.2. The SMILES string of the molecule is CC(=O)N1C(C(=O)C(C)C)CSC1(C)C.CC(=O)N1C(C)SCC1C(=O)C(C)C.CC(C)C(=O)C1CCCN1C(=O)C(C)CS.CC1NC(C(=O)C(C)C)CS1. The Kier molecular flexibility index (Phi) is 22.4. The van der Waals surface area contributed by atoms with Crippen molar-refractivity contribution in [3.8, 4) is 0 Å². The van der Waals surface area contributed by atoms with Gasteiger partial charge in [0.05, 0.1) is 27.7 Å². The molecule has 0 radical (unpaired) electrons. The maximum Gasteiger partial charge on any atom is 0.226 e. The minimum absolute atomic E-state index is 0.00139. The number of thioether (sulfide) groups is 3. The third kappa shape index (κ3) is 14.9. The Hall–Kier alpha value is -1.55. The first kappa shape index (κ1) is 52.5. The van der Waals surface area contributed by atoms with Gasteiger partial charge in [0.2, 0.25) is 17.7 Å². The van der Waals surface area contributed by atoms with E-state index in [2.05, 4.69) is 24.9 Å². The van der Waals surface area contributed by atoms with Gasteiger partial charge in [-0.1, -0.05) is 62.3 Å². The van der Waals surface area contributed by atoms with Gasteiger partial charge in [0.15, 0.2) is 23.1 Å². The van der Waals surface area contributed by atoms with E-state index >= 15 is 0 Å². The molecular formula is C41H72N4O7S4. The first-order chi connectivity index (χ1) is 25.8. The zero-order valence-electron chi connectivity index (χ0n) is 36.7. The van der Waals surface area contributed by atoms with Crippen LogP contribution in [-0.2, 0) is 33.6 Å². The van der Waals surface area contributed by atoms with Crippen molar-refractivity contribution >= 4 is 88.8 Å². The molecule has 4 aliphatic rings. The lowest BCUT2D eigenvalue weighted by Crippen LogP contribution is -2.49. The summed E-state index contributed by atoms with van der Waals surface area (Å²) in [4.78, 5) is 87.0. The summed E-state index contributed by atoms with van der Waals surface area (Å²) in [5, 5.41) is 3.83. The molecule has 0 aromatic carbocycles. The normalized spacial score (nSPS) is 26.0. The molecule has 0 aromatic rings. The number of likely N-dealkylation sites (tertiary alicyclic amines) is 1. The fourth-order valence-corrected chi connectivity index (χ4v) is 10.7. The number of carbonyl (C=O) groups is 7. The van der Waals surface area contributed by atoms with Crippen LogP contribution in [0.1, 0.15) is 117 Å². The summed E-state index contributed by atoms with van der Waals surface area (Å²) in [6.45, 7) is 28.9. The lowest BCUT2D eigenvalue weighted by molar-refractivity contribution is -0.140. The van der Waals surface area contributed by atoms with E-state index in [1.165, 1.54) is 13.8 Å². The van der Waals surface area contributed by atoms with Gasteiger partial charge >= 0.3 is 0 Å². The van der Waals surface area contributed by atoms with Crippen molar-refractivity contribution in [2.75, 3.05) is 29.6 Å². The Bertz CT molecular complexity index is 1370. The molecule has 4 fully saturated rings. The summed E-state index contributed by atoms with van der Waals surface area (Å²) in [5.41, 5.74) is 0. The van der Waals surface area contributed by atoms with Gasteiger partial charge in [0.25, 0.3) is 0 Å². The number of carbonyl (C=O) groups excluding carboxylic acids is 7. The van der Waals surface area contributed by atoms with E-state index in [-0.39, 0.29) is 99.1 Å². The number of rotatable bonds is 10. The number of amides is 3. The maximum absolute atomic E-state index is 12.0. The average Bonchev–Trinajstić information content (AvgIpc) is 3.92. The highest BCUT2D eigenvalue weighted by Gasteiger charge is 2.45. The van der Waals surface area contributed by atoms with Crippen LogP contribution in [0.2, 0.25) is 0 Å². The number of Topliss-reactive ketones (excluding diaryl/α,β-unsaturated/α-hetero) is 4. The molecular weight excluding hydrogens is 789 g/mol. The molecule has 0 bridgehead atoms. The van der Waals surface area contributed by atoms with E-state index in [1.54, 1.807) is 38.2 Å². The molecule has 4 heterocycles. The first-order valence-corrected chi connectivity index (χ1v) is 23.8. The van der Waals surface area contributed by atoms with Crippen molar-refractivity contribution in [2.45, 2.75) is 156 Å². The van der Waals surface area contributed by atoms with Gasteiger partial charge < -0.3 is 14.7 Å². The molecule has 4 aliphatic heterocycles. The van der Waals surface area contributed by atoms with Crippen LogP contribution in [0.15, 0.2) is 0 Å².